The van der Waals surface area contributed by atoms with E-state index in [-0.39, 0.29) is 23.2 Å². The molecule has 4 aliphatic carbocycles. The van der Waals surface area contributed by atoms with E-state index >= 15 is 0 Å². The van der Waals surface area contributed by atoms with Crippen LogP contribution >= 0.6 is 0 Å². The first kappa shape index (κ1) is 17.5. The Morgan fingerprint density at radius 2 is 2.04 bits per heavy atom. The number of allylic oxidation sites excluding steroid dienone is 2. The van der Waals surface area contributed by atoms with Crippen LogP contribution in [0.25, 0.3) is 0 Å². The number of aliphatic hydroxyl groups is 2. The average molecular weight is 344 g/mol. The SMILES string of the molecule is C=C[C@H]1C[C@]2(C)[C@@H]([C@H](C)O)CC[C@@H]2[C@@H]2CC[C@@]3(O)CC(=O)CCC3=C21. The summed E-state index contributed by atoms with van der Waals surface area (Å²) in [5.41, 5.74) is 1.86. The van der Waals surface area contributed by atoms with Crippen LogP contribution in [0.2, 0.25) is 0 Å². The molecule has 0 spiro atoms. The van der Waals surface area contributed by atoms with Crippen molar-refractivity contribution in [3.63, 3.8) is 0 Å². The number of hydrogen-bond acceptors (Lipinski definition) is 3. The molecule has 0 amide bonds. The average Bonchev–Trinajstić information content (AvgIpc) is 2.89. The lowest BCUT2D eigenvalue weighted by molar-refractivity contribution is -0.126. The van der Waals surface area contributed by atoms with Gasteiger partial charge in [0.2, 0.25) is 0 Å². The second-order valence-corrected chi connectivity index (χ2v) is 9.41. The molecule has 0 bridgehead atoms. The van der Waals surface area contributed by atoms with Crippen molar-refractivity contribution in [2.24, 2.45) is 29.1 Å². The van der Waals surface area contributed by atoms with Crippen molar-refractivity contribution in [3.05, 3.63) is 23.8 Å². The number of aliphatic hydroxyl groups excluding tert-OH is 1. The van der Waals surface area contributed by atoms with Crippen LogP contribution in [0.15, 0.2) is 23.8 Å². The zero-order valence-corrected chi connectivity index (χ0v) is 15.6. The van der Waals surface area contributed by atoms with Gasteiger partial charge in [0.1, 0.15) is 5.78 Å². The molecule has 0 aromatic rings. The first-order chi connectivity index (χ1) is 11.8. The summed E-state index contributed by atoms with van der Waals surface area (Å²) in [6, 6.07) is 0. The molecule has 3 nitrogen and oxygen atoms in total. The first-order valence-electron chi connectivity index (χ1n) is 10.1. The molecule has 0 radical (unpaired) electrons. The van der Waals surface area contributed by atoms with Crippen LogP contribution in [-0.4, -0.2) is 27.7 Å². The van der Waals surface area contributed by atoms with Gasteiger partial charge in [0.15, 0.2) is 0 Å². The maximum atomic E-state index is 12.0. The van der Waals surface area contributed by atoms with E-state index in [1.165, 1.54) is 17.6 Å². The van der Waals surface area contributed by atoms with Gasteiger partial charge in [0.25, 0.3) is 0 Å². The quantitative estimate of drug-likeness (QED) is 0.749. The first-order valence-corrected chi connectivity index (χ1v) is 10.1. The highest BCUT2D eigenvalue weighted by Gasteiger charge is 2.58. The third kappa shape index (κ3) is 2.42. The number of hydrogen-bond donors (Lipinski definition) is 2. The summed E-state index contributed by atoms with van der Waals surface area (Å²) in [6.45, 7) is 8.45. The van der Waals surface area contributed by atoms with E-state index in [0.29, 0.717) is 30.6 Å². The fourth-order valence-electron chi connectivity index (χ4n) is 7.20. The van der Waals surface area contributed by atoms with Crippen molar-refractivity contribution in [1.29, 1.82) is 0 Å². The van der Waals surface area contributed by atoms with Crippen molar-refractivity contribution in [2.45, 2.75) is 76.9 Å². The molecule has 0 aliphatic heterocycles. The Balaban J connectivity index is 1.79. The minimum absolute atomic E-state index is 0.154. The molecule has 3 fully saturated rings. The third-order valence-corrected chi connectivity index (χ3v) is 8.22. The van der Waals surface area contributed by atoms with Crippen molar-refractivity contribution >= 4 is 5.78 Å². The normalized spacial score (nSPS) is 47.8. The van der Waals surface area contributed by atoms with Crippen molar-refractivity contribution < 1.29 is 15.0 Å². The zero-order chi connectivity index (χ0) is 18.0. The van der Waals surface area contributed by atoms with Gasteiger partial charge in [-0.05, 0) is 80.1 Å². The van der Waals surface area contributed by atoms with Crippen LogP contribution in [0.3, 0.4) is 0 Å². The zero-order valence-electron chi connectivity index (χ0n) is 15.6. The molecular weight excluding hydrogens is 312 g/mol. The van der Waals surface area contributed by atoms with Gasteiger partial charge in [-0.2, -0.15) is 0 Å². The number of carbonyl (C=O) groups is 1. The van der Waals surface area contributed by atoms with Crippen molar-refractivity contribution in [2.75, 3.05) is 0 Å². The van der Waals surface area contributed by atoms with E-state index in [0.717, 1.165) is 32.1 Å². The van der Waals surface area contributed by atoms with Crippen LogP contribution in [0.1, 0.15) is 65.2 Å². The topological polar surface area (TPSA) is 57.5 Å². The van der Waals surface area contributed by atoms with Crippen LogP contribution in [-0.2, 0) is 4.79 Å². The summed E-state index contributed by atoms with van der Waals surface area (Å²) < 4.78 is 0. The summed E-state index contributed by atoms with van der Waals surface area (Å²) in [4.78, 5) is 12.0. The molecule has 0 aromatic heterocycles. The minimum Gasteiger partial charge on any atom is -0.393 e. The maximum absolute atomic E-state index is 12.0. The molecule has 0 heterocycles. The molecule has 138 valence electrons. The Kier molecular flexibility index (Phi) is 4.05. The predicted molar refractivity (Wildman–Crippen MR) is 97.9 cm³/mol. The van der Waals surface area contributed by atoms with Crippen LogP contribution < -0.4 is 0 Å². The van der Waals surface area contributed by atoms with Gasteiger partial charge in [0, 0.05) is 12.8 Å². The van der Waals surface area contributed by atoms with Gasteiger partial charge in [-0.15, -0.1) is 6.58 Å². The summed E-state index contributed by atoms with van der Waals surface area (Å²) >= 11 is 0. The number of rotatable bonds is 2. The van der Waals surface area contributed by atoms with Gasteiger partial charge in [-0.3, -0.25) is 4.79 Å². The highest BCUT2D eigenvalue weighted by molar-refractivity contribution is 5.82. The third-order valence-electron chi connectivity index (χ3n) is 8.22. The molecule has 4 rings (SSSR count). The summed E-state index contributed by atoms with van der Waals surface area (Å²) in [6.07, 6.45) is 8.41. The van der Waals surface area contributed by atoms with Crippen molar-refractivity contribution in [1.82, 2.24) is 0 Å². The molecule has 3 heteroatoms. The van der Waals surface area contributed by atoms with Gasteiger partial charge in [-0.25, -0.2) is 0 Å². The molecule has 3 saturated carbocycles. The molecule has 0 unspecified atom stereocenters. The smallest absolute Gasteiger partial charge is 0.136 e. The number of fused-ring (bicyclic) bond motifs is 4. The number of ketones is 1. The summed E-state index contributed by atoms with van der Waals surface area (Å²) in [5.74, 6) is 1.93. The molecule has 0 saturated heterocycles. The van der Waals surface area contributed by atoms with E-state index in [9.17, 15) is 15.0 Å². The monoisotopic (exact) mass is 344 g/mol. The van der Waals surface area contributed by atoms with E-state index < -0.39 is 5.60 Å². The molecule has 0 aromatic carbocycles. The Bertz CT molecular complexity index is 633. The highest BCUT2D eigenvalue weighted by Crippen LogP contribution is 2.65. The molecular formula is C22H32O3. The van der Waals surface area contributed by atoms with Gasteiger partial charge >= 0.3 is 0 Å². The van der Waals surface area contributed by atoms with Crippen LogP contribution in [0, 0.1) is 29.1 Å². The lowest BCUT2D eigenvalue weighted by atomic mass is 9.51. The van der Waals surface area contributed by atoms with Gasteiger partial charge in [-0.1, -0.05) is 18.6 Å². The van der Waals surface area contributed by atoms with E-state index in [1.807, 2.05) is 6.92 Å². The van der Waals surface area contributed by atoms with E-state index in [2.05, 4.69) is 19.6 Å². The fourth-order valence-corrected chi connectivity index (χ4v) is 7.20. The lowest BCUT2D eigenvalue weighted by Gasteiger charge is -2.55. The standard InChI is InChI=1S/C22H32O3/c1-4-14-11-21(3)17(13(2)23)7-8-18(21)16-9-10-22(25)12-15(24)5-6-19(22)20(14)16/h4,13-14,16-18,23,25H,1,5-12H2,2-3H3/t13-,14-,16-,17+,18+,21+,22+/m0/s1. The predicted octanol–water partition coefficient (Wildman–Crippen LogP) is 3.80. The van der Waals surface area contributed by atoms with Crippen molar-refractivity contribution in [3.8, 4) is 0 Å². The molecule has 7 atom stereocenters. The highest BCUT2D eigenvalue weighted by atomic mass is 16.3. The van der Waals surface area contributed by atoms with Gasteiger partial charge in [0.05, 0.1) is 11.7 Å². The molecule has 25 heavy (non-hydrogen) atoms. The molecule has 2 N–H and O–H groups in total. The summed E-state index contributed by atoms with van der Waals surface area (Å²) in [5, 5.41) is 21.6. The molecule has 4 aliphatic rings. The Labute approximate surface area is 151 Å². The van der Waals surface area contributed by atoms with E-state index in [1.54, 1.807) is 0 Å². The lowest BCUT2D eigenvalue weighted by Crippen LogP contribution is -2.50. The Morgan fingerprint density at radius 3 is 2.72 bits per heavy atom. The minimum atomic E-state index is -0.890. The van der Waals surface area contributed by atoms with Gasteiger partial charge < -0.3 is 10.2 Å². The number of carbonyl (C=O) groups excluding carboxylic acids is 1. The fraction of sp³-hybridized carbons (Fsp3) is 0.773. The second-order valence-electron chi connectivity index (χ2n) is 9.41. The van der Waals surface area contributed by atoms with Crippen LogP contribution in [0.4, 0.5) is 0 Å². The maximum Gasteiger partial charge on any atom is 0.136 e. The Hall–Kier alpha value is -0.930. The second kappa shape index (κ2) is 5.79. The number of Topliss-reactive ketones (excluding diaryl/α,β-unsaturated/α-hetero) is 1. The largest absolute Gasteiger partial charge is 0.393 e. The van der Waals surface area contributed by atoms with Crippen LogP contribution in [0.5, 0.6) is 0 Å². The Morgan fingerprint density at radius 1 is 1.28 bits per heavy atom. The summed E-state index contributed by atoms with van der Waals surface area (Å²) in [7, 11) is 0. The van der Waals surface area contributed by atoms with E-state index in [4.69, 9.17) is 0 Å².